The fraction of sp³-hybridized carbons (Fsp3) is 0.455. The van der Waals surface area contributed by atoms with Crippen LogP contribution in [0.15, 0.2) is 48.5 Å². The van der Waals surface area contributed by atoms with Crippen molar-refractivity contribution in [3.63, 3.8) is 0 Å². The monoisotopic (exact) mass is 387 g/mol. The summed E-state index contributed by atoms with van der Waals surface area (Å²) in [7, 11) is 0. The smallest absolute Gasteiger partial charge is 0.105 e. The van der Waals surface area contributed by atoms with Crippen molar-refractivity contribution in [2.75, 3.05) is 13.1 Å². The fourth-order valence-electron chi connectivity index (χ4n) is 4.04. The number of quaternary nitrogens is 1. The highest BCUT2D eigenvalue weighted by atomic mass is 79.9. The first-order chi connectivity index (χ1) is 11.3. The van der Waals surface area contributed by atoms with Gasteiger partial charge in [-0.2, -0.15) is 0 Å². The summed E-state index contributed by atoms with van der Waals surface area (Å²) < 4.78 is 1.23. The zero-order valence-electron chi connectivity index (χ0n) is 15.1. The lowest BCUT2D eigenvalue weighted by atomic mass is 9.97. The molecule has 130 valence electrons. The molecular weight excluding hydrogens is 358 g/mol. The Morgan fingerprint density at radius 1 is 0.708 bits per heavy atom. The van der Waals surface area contributed by atoms with Gasteiger partial charge in [-0.05, 0) is 24.0 Å². The maximum atomic E-state index is 2.35. The van der Waals surface area contributed by atoms with E-state index in [-0.39, 0.29) is 17.0 Å². The van der Waals surface area contributed by atoms with Crippen LogP contribution < -0.4 is 17.0 Å². The molecule has 0 saturated carbocycles. The van der Waals surface area contributed by atoms with Crippen LogP contribution in [0.5, 0.6) is 0 Å². The molecule has 3 rings (SSSR count). The first-order valence-electron chi connectivity index (χ1n) is 9.29. The quantitative estimate of drug-likeness (QED) is 0.668. The second-order valence-electron chi connectivity index (χ2n) is 7.13. The minimum atomic E-state index is 0. The molecular formula is C22H30BrN. The molecule has 1 aliphatic rings. The maximum absolute atomic E-state index is 2.35. The highest BCUT2D eigenvalue weighted by Gasteiger charge is 2.32. The summed E-state index contributed by atoms with van der Waals surface area (Å²) in [6, 6.07) is 18.1. The third-order valence-electron chi connectivity index (χ3n) is 5.31. The van der Waals surface area contributed by atoms with Crippen LogP contribution in [0.2, 0.25) is 0 Å². The number of benzene rings is 2. The summed E-state index contributed by atoms with van der Waals surface area (Å²) in [6.45, 7) is 9.61. The Kier molecular flexibility index (Phi) is 7.06. The zero-order valence-corrected chi connectivity index (χ0v) is 16.7. The first-order valence-corrected chi connectivity index (χ1v) is 9.29. The second kappa shape index (κ2) is 8.82. The Hall–Kier alpha value is -1.12. The molecule has 0 aromatic heterocycles. The van der Waals surface area contributed by atoms with E-state index in [1.807, 2.05) is 0 Å². The third kappa shape index (κ3) is 4.10. The standard InChI is InChI=1S/C22H30N.BrH/c1-3-5-15-23(16-6-4-2)17-19-11-7-9-13-21(19)22-14-10-8-12-20(22)18-23;/h7-14H,3-6,15-18H2,1-2H3;1H/q+1;/p-1. The van der Waals surface area contributed by atoms with Crippen molar-refractivity contribution in [2.24, 2.45) is 0 Å². The minimum Gasteiger partial charge on any atom is -1.00 e. The number of hydrogen-bond donors (Lipinski definition) is 0. The predicted octanol–water partition coefficient (Wildman–Crippen LogP) is 2.79. The molecule has 24 heavy (non-hydrogen) atoms. The van der Waals surface area contributed by atoms with Crippen LogP contribution in [0.4, 0.5) is 0 Å². The Labute approximate surface area is 158 Å². The summed E-state index contributed by atoms with van der Waals surface area (Å²) in [5, 5.41) is 0. The number of fused-ring (bicyclic) bond motifs is 3. The molecule has 2 heteroatoms. The minimum absolute atomic E-state index is 0. The Morgan fingerprint density at radius 3 is 1.54 bits per heavy atom. The van der Waals surface area contributed by atoms with E-state index in [0.29, 0.717) is 0 Å². The molecule has 0 N–H and O–H groups in total. The maximum Gasteiger partial charge on any atom is 0.105 e. The summed E-state index contributed by atoms with van der Waals surface area (Å²) in [4.78, 5) is 0. The van der Waals surface area contributed by atoms with Crippen molar-refractivity contribution in [3.05, 3.63) is 59.7 Å². The van der Waals surface area contributed by atoms with Crippen LogP contribution in [-0.2, 0) is 13.1 Å². The van der Waals surface area contributed by atoms with Crippen LogP contribution in [0, 0.1) is 0 Å². The largest absolute Gasteiger partial charge is 1.00 e. The van der Waals surface area contributed by atoms with E-state index in [2.05, 4.69) is 62.4 Å². The van der Waals surface area contributed by atoms with Gasteiger partial charge in [0.15, 0.2) is 0 Å². The molecule has 2 aromatic rings. The van der Waals surface area contributed by atoms with Crippen molar-refractivity contribution in [3.8, 4) is 11.1 Å². The van der Waals surface area contributed by atoms with Crippen molar-refractivity contribution in [2.45, 2.75) is 52.6 Å². The van der Waals surface area contributed by atoms with Gasteiger partial charge in [-0.25, -0.2) is 0 Å². The Balaban J connectivity index is 0.00000208. The molecule has 0 spiro atoms. The molecule has 1 nitrogen and oxygen atoms in total. The van der Waals surface area contributed by atoms with Gasteiger partial charge in [-0.15, -0.1) is 0 Å². The Bertz CT molecular complexity index is 592. The SMILES string of the molecule is CCCC[N+]1(CCCC)Cc2ccccc2-c2ccccc2C1.[Br-]. The zero-order chi connectivity index (χ0) is 16.1. The first kappa shape index (κ1) is 19.2. The summed E-state index contributed by atoms with van der Waals surface area (Å²) in [5.41, 5.74) is 5.97. The van der Waals surface area contributed by atoms with E-state index in [1.54, 1.807) is 0 Å². The van der Waals surface area contributed by atoms with Gasteiger partial charge in [0.1, 0.15) is 13.1 Å². The fourth-order valence-corrected chi connectivity index (χ4v) is 4.04. The normalized spacial score (nSPS) is 14.9. The number of unbranched alkanes of at least 4 members (excludes halogenated alkanes) is 2. The van der Waals surface area contributed by atoms with Gasteiger partial charge in [0.05, 0.1) is 13.1 Å². The van der Waals surface area contributed by atoms with Gasteiger partial charge in [-0.1, -0.05) is 75.2 Å². The summed E-state index contributed by atoms with van der Waals surface area (Å²) in [5.74, 6) is 0. The van der Waals surface area contributed by atoms with E-state index in [9.17, 15) is 0 Å². The van der Waals surface area contributed by atoms with Crippen LogP contribution in [0.1, 0.15) is 50.7 Å². The van der Waals surface area contributed by atoms with E-state index >= 15 is 0 Å². The molecule has 0 amide bonds. The van der Waals surface area contributed by atoms with Crippen LogP contribution in [0.25, 0.3) is 11.1 Å². The van der Waals surface area contributed by atoms with Gasteiger partial charge in [0.2, 0.25) is 0 Å². The molecule has 0 atom stereocenters. The number of nitrogens with zero attached hydrogens (tertiary/aromatic N) is 1. The average molecular weight is 388 g/mol. The number of halogens is 1. The summed E-state index contributed by atoms with van der Waals surface area (Å²) in [6.07, 6.45) is 5.23. The van der Waals surface area contributed by atoms with Gasteiger partial charge < -0.3 is 21.5 Å². The molecule has 0 unspecified atom stereocenters. The van der Waals surface area contributed by atoms with E-state index in [0.717, 1.165) is 0 Å². The van der Waals surface area contributed by atoms with Crippen molar-refractivity contribution < 1.29 is 21.5 Å². The molecule has 0 fully saturated rings. The molecule has 0 bridgehead atoms. The van der Waals surface area contributed by atoms with Crippen LogP contribution in [-0.4, -0.2) is 17.6 Å². The molecule has 0 saturated heterocycles. The second-order valence-corrected chi connectivity index (χ2v) is 7.13. The lowest BCUT2D eigenvalue weighted by Crippen LogP contribution is -3.00. The van der Waals surface area contributed by atoms with Crippen molar-refractivity contribution in [1.29, 1.82) is 0 Å². The molecule has 0 aliphatic carbocycles. The highest BCUT2D eigenvalue weighted by molar-refractivity contribution is 5.71. The average Bonchev–Trinajstić information content (AvgIpc) is 2.73. The third-order valence-corrected chi connectivity index (χ3v) is 5.31. The lowest BCUT2D eigenvalue weighted by Gasteiger charge is -2.38. The lowest BCUT2D eigenvalue weighted by molar-refractivity contribution is -0.953. The number of hydrogen-bond acceptors (Lipinski definition) is 0. The van der Waals surface area contributed by atoms with Gasteiger partial charge in [0.25, 0.3) is 0 Å². The predicted molar refractivity (Wildman–Crippen MR) is 99.1 cm³/mol. The van der Waals surface area contributed by atoms with Gasteiger partial charge in [-0.3, -0.25) is 0 Å². The van der Waals surface area contributed by atoms with Gasteiger partial charge in [0, 0.05) is 11.1 Å². The molecule has 1 heterocycles. The van der Waals surface area contributed by atoms with E-state index < -0.39 is 0 Å². The highest BCUT2D eigenvalue weighted by Crippen LogP contribution is 2.36. The van der Waals surface area contributed by atoms with E-state index in [1.165, 1.54) is 78.6 Å². The topological polar surface area (TPSA) is 0 Å². The Morgan fingerprint density at radius 2 is 1.12 bits per heavy atom. The van der Waals surface area contributed by atoms with Crippen molar-refractivity contribution in [1.82, 2.24) is 0 Å². The molecule has 0 radical (unpaired) electrons. The van der Waals surface area contributed by atoms with Crippen molar-refractivity contribution >= 4 is 0 Å². The van der Waals surface area contributed by atoms with E-state index in [4.69, 9.17) is 0 Å². The van der Waals surface area contributed by atoms with Crippen LogP contribution >= 0.6 is 0 Å². The molecule has 2 aromatic carbocycles. The molecule has 1 aliphatic heterocycles. The summed E-state index contributed by atoms with van der Waals surface area (Å²) >= 11 is 0. The van der Waals surface area contributed by atoms with Gasteiger partial charge >= 0.3 is 0 Å². The van der Waals surface area contributed by atoms with Crippen LogP contribution in [0.3, 0.4) is 0 Å². The number of rotatable bonds is 6.